The number of rotatable bonds is 4. The Morgan fingerprint density at radius 2 is 2.00 bits per heavy atom. The quantitative estimate of drug-likeness (QED) is 0.904. The summed E-state index contributed by atoms with van der Waals surface area (Å²) in [5, 5.41) is 21.7. The van der Waals surface area contributed by atoms with Gasteiger partial charge in [-0.15, -0.1) is 0 Å². The molecule has 0 aliphatic heterocycles. The lowest BCUT2D eigenvalue weighted by atomic mass is 9.98. The number of aryl methyl sites for hydroxylation is 1. The van der Waals surface area contributed by atoms with Crippen LogP contribution in [-0.4, -0.2) is 11.0 Å². The van der Waals surface area contributed by atoms with Crippen LogP contribution >= 0.6 is 0 Å². The first-order valence-corrected chi connectivity index (χ1v) is 6.62. The predicted molar refractivity (Wildman–Crippen MR) is 80.5 cm³/mol. The van der Waals surface area contributed by atoms with E-state index in [9.17, 15) is 9.90 Å². The zero-order chi connectivity index (χ0) is 15.2. The van der Waals surface area contributed by atoms with Gasteiger partial charge in [0.1, 0.15) is 12.5 Å². The summed E-state index contributed by atoms with van der Waals surface area (Å²) in [5.41, 5.74) is 2.88. The van der Waals surface area contributed by atoms with Gasteiger partial charge in [-0.3, -0.25) is 4.79 Å². The molecule has 4 heteroatoms. The highest BCUT2D eigenvalue weighted by Gasteiger charge is 2.16. The van der Waals surface area contributed by atoms with Gasteiger partial charge >= 0.3 is 0 Å². The molecule has 0 saturated heterocycles. The fourth-order valence-corrected chi connectivity index (χ4v) is 2.10. The third-order valence-corrected chi connectivity index (χ3v) is 3.13. The second kappa shape index (κ2) is 6.69. The van der Waals surface area contributed by atoms with Gasteiger partial charge in [-0.1, -0.05) is 48.0 Å². The monoisotopic (exact) mass is 280 g/mol. The minimum Gasteiger partial charge on any atom is -0.384 e. The number of nitriles is 1. The van der Waals surface area contributed by atoms with Crippen LogP contribution in [-0.2, 0) is 4.79 Å². The molecule has 2 aromatic rings. The van der Waals surface area contributed by atoms with Crippen molar-refractivity contribution in [2.75, 3.05) is 5.32 Å². The van der Waals surface area contributed by atoms with Crippen LogP contribution in [0.2, 0.25) is 0 Å². The molecule has 106 valence electrons. The van der Waals surface area contributed by atoms with E-state index in [1.54, 1.807) is 12.1 Å². The number of aliphatic hydroxyl groups excluding tert-OH is 1. The fraction of sp³-hybridized carbons (Fsp3) is 0.176. The number of hydrogen-bond acceptors (Lipinski definition) is 3. The lowest BCUT2D eigenvalue weighted by molar-refractivity contribution is -0.115. The zero-order valence-electron chi connectivity index (χ0n) is 11.7. The minimum atomic E-state index is -0.830. The molecular weight excluding hydrogens is 264 g/mol. The van der Waals surface area contributed by atoms with E-state index < -0.39 is 6.10 Å². The molecule has 0 aromatic heterocycles. The molecule has 1 atom stereocenters. The van der Waals surface area contributed by atoms with Gasteiger partial charge in [0.2, 0.25) is 5.91 Å². The highest BCUT2D eigenvalue weighted by molar-refractivity contribution is 5.93. The van der Waals surface area contributed by atoms with Crippen molar-refractivity contribution in [2.45, 2.75) is 19.4 Å². The SMILES string of the molecule is Cc1ccc(NC(=O)CC#N)c(C(O)c2ccccc2)c1. The van der Waals surface area contributed by atoms with Crippen molar-refractivity contribution >= 4 is 11.6 Å². The summed E-state index contributed by atoms with van der Waals surface area (Å²) in [6.45, 7) is 1.92. The van der Waals surface area contributed by atoms with Crippen molar-refractivity contribution in [1.29, 1.82) is 5.26 Å². The molecule has 2 rings (SSSR count). The highest BCUT2D eigenvalue weighted by atomic mass is 16.3. The first-order valence-electron chi connectivity index (χ1n) is 6.62. The van der Waals surface area contributed by atoms with E-state index >= 15 is 0 Å². The summed E-state index contributed by atoms with van der Waals surface area (Å²) < 4.78 is 0. The van der Waals surface area contributed by atoms with E-state index in [1.807, 2.05) is 49.4 Å². The van der Waals surface area contributed by atoms with Crippen LogP contribution in [0.5, 0.6) is 0 Å². The number of carbonyl (C=O) groups excluding carboxylic acids is 1. The van der Waals surface area contributed by atoms with Gasteiger partial charge in [0.15, 0.2) is 0 Å². The molecule has 2 N–H and O–H groups in total. The lowest BCUT2D eigenvalue weighted by Gasteiger charge is -2.17. The number of anilines is 1. The Labute approximate surface area is 123 Å². The van der Waals surface area contributed by atoms with Crippen LogP contribution in [0.4, 0.5) is 5.69 Å². The lowest BCUT2D eigenvalue weighted by Crippen LogP contribution is -2.13. The second-order valence-corrected chi connectivity index (χ2v) is 4.79. The topological polar surface area (TPSA) is 73.1 Å². The van der Waals surface area contributed by atoms with Gasteiger partial charge in [-0.05, 0) is 18.6 Å². The van der Waals surface area contributed by atoms with Crippen molar-refractivity contribution in [1.82, 2.24) is 0 Å². The molecule has 0 bridgehead atoms. The number of benzene rings is 2. The molecule has 1 amide bonds. The van der Waals surface area contributed by atoms with Gasteiger partial charge in [-0.25, -0.2) is 0 Å². The van der Waals surface area contributed by atoms with E-state index in [4.69, 9.17) is 5.26 Å². The van der Waals surface area contributed by atoms with Crippen molar-refractivity contribution in [2.24, 2.45) is 0 Å². The van der Waals surface area contributed by atoms with E-state index in [0.717, 1.165) is 11.1 Å². The summed E-state index contributed by atoms with van der Waals surface area (Å²) in [5.74, 6) is -0.386. The fourth-order valence-electron chi connectivity index (χ4n) is 2.10. The molecule has 4 nitrogen and oxygen atoms in total. The van der Waals surface area contributed by atoms with Crippen LogP contribution in [0, 0.1) is 18.3 Å². The Kier molecular flexibility index (Phi) is 4.70. The smallest absolute Gasteiger partial charge is 0.238 e. The summed E-state index contributed by atoms with van der Waals surface area (Å²) in [7, 11) is 0. The van der Waals surface area contributed by atoms with Crippen LogP contribution in [0.15, 0.2) is 48.5 Å². The average Bonchev–Trinajstić information content (AvgIpc) is 2.49. The number of nitrogens with one attached hydrogen (secondary N) is 1. The molecule has 0 heterocycles. The normalized spacial score (nSPS) is 11.5. The van der Waals surface area contributed by atoms with Crippen LogP contribution < -0.4 is 5.32 Å². The summed E-state index contributed by atoms with van der Waals surface area (Å²) in [6.07, 6.45) is -1.04. The maximum absolute atomic E-state index is 11.6. The minimum absolute atomic E-state index is 0.214. The zero-order valence-corrected chi connectivity index (χ0v) is 11.7. The Morgan fingerprint density at radius 3 is 2.67 bits per heavy atom. The van der Waals surface area contributed by atoms with Gasteiger partial charge in [0, 0.05) is 11.3 Å². The Morgan fingerprint density at radius 1 is 1.29 bits per heavy atom. The van der Waals surface area contributed by atoms with Crippen molar-refractivity contribution in [3.05, 3.63) is 65.2 Å². The Hall–Kier alpha value is -2.64. The number of carbonyl (C=O) groups is 1. The number of aliphatic hydroxyl groups is 1. The number of hydrogen-bond donors (Lipinski definition) is 2. The number of amides is 1. The molecule has 1 unspecified atom stereocenters. The molecule has 2 aromatic carbocycles. The van der Waals surface area contributed by atoms with E-state index in [-0.39, 0.29) is 12.3 Å². The first-order chi connectivity index (χ1) is 10.1. The second-order valence-electron chi connectivity index (χ2n) is 4.79. The molecule has 0 aliphatic carbocycles. The van der Waals surface area contributed by atoms with E-state index in [0.29, 0.717) is 11.3 Å². The molecule has 0 radical (unpaired) electrons. The Balaban J connectivity index is 2.35. The molecule has 0 saturated carbocycles. The van der Waals surface area contributed by atoms with Crippen LogP contribution in [0.25, 0.3) is 0 Å². The maximum atomic E-state index is 11.6. The Bertz CT molecular complexity index is 675. The summed E-state index contributed by atoms with van der Waals surface area (Å²) in [6, 6.07) is 16.5. The van der Waals surface area contributed by atoms with Crippen molar-refractivity contribution in [3.63, 3.8) is 0 Å². The largest absolute Gasteiger partial charge is 0.384 e. The summed E-state index contributed by atoms with van der Waals surface area (Å²) >= 11 is 0. The van der Waals surface area contributed by atoms with Crippen molar-refractivity contribution in [3.8, 4) is 6.07 Å². The molecule has 0 spiro atoms. The highest BCUT2D eigenvalue weighted by Crippen LogP contribution is 2.29. The van der Waals surface area contributed by atoms with Crippen LogP contribution in [0.3, 0.4) is 0 Å². The maximum Gasteiger partial charge on any atom is 0.238 e. The van der Waals surface area contributed by atoms with Crippen LogP contribution in [0.1, 0.15) is 29.2 Å². The van der Waals surface area contributed by atoms with Gasteiger partial charge in [-0.2, -0.15) is 5.26 Å². The molecule has 0 fully saturated rings. The predicted octanol–water partition coefficient (Wildman–Crippen LogP) is 2.93. The average molecular weight is 280 g/mol. The van der Waals surface area contributed by atoms with E-state index in [1.165, 1.54) is 0 Å². The molecular formula is C17H16N2O2. The first kappa shape index (κ1) is 14.8. The van der Waals surface area contributed by atoms with Gasteiger partial charge in [0.25, 0.3) is 0 Å². The molecule has 0 aliphatic rings. The molecule has 21 heavy (non-hydrogen) atoms. The van der Waals surface area contributed by atoms with Gasteiger partial charge in [0.05, 0.1) is 6.07 Å². The van der Waals surface area contributed by atoms with Gasteiger partial charge < -0.3 is 10.4 Å². The summed E-state index contributed by atoms with van der Waals surface area (Å²) in [4.78, 5) is 11.6. The van der Waals surface area contributed by atoms with E-state index in [2.05, 4.69) is 5.32 Å². The standard InChI is InChI=1S/C17H16N2O2/c1-12-7-8-15(19-16(20)9-10-18)14(11-12)17(21)13-5-3-2-4-6-13/h2-8,11,17,21H,9H2,1H3,(H,19,20). The third-order valence-electron chi connectivity index (χ3n) is 3.13. The number of nitrogens with zero attached hydrogens (tertiary/aromatic N) is 1. The third kappa shape index (κ3) is 3.68. The van der Waals surface area contributed by atoms with Crippen molar-refractivity contribution < 1.29 is 9.90 Å².